The first kappa shape index (κ1) is 24.4. The Balaban J connectivity index is 0.00000392. The Bertz CT molecular complexity index is 796. The minimum atomic E-state index is -0.257. The maximum absolute atomic E-state index is 12.3. The molecule has 154 valence electrons. The summed E-state index contributed by atoms with van der Waals surface area (Å²) in [7, 11) is 0. The number of aliphatic imine (C=N–C) groups is 1. The van der Waals surface area contributed by atoms with Gasteiger partial charge in [-0.2, -0.15) is 0 Å². The molecule has 0 spiro atoms. The van der Waals surface area contributed by atoms with E-state index in [1.165, 1.54) is 10.4 Å². The van der Waals surface area contributed by atoms with E-state index < -0.39 is 0 Å². The van der Waals surface area contributed by atoms with Crippen molar-refractivity contribution in [1.29, 1.82) is 0 Å². The van der Waals surface area contributed by atoms with E-state index in [1.807, 2.05) is 52.0 Å². The lowest BCUT2D eigenvalue weighted by Gasteiger charge is -2.20. The molecule has 2 aromatic rings. The van der Waals surface area contributed by atoms with Crippen molar-refractivity contribution in [3.05, 3.63) is 57.3 Å². The first-order valence-electron chi connectivity index (χ1n) is 9.25. The zero-order valence-corrected chi connectivity index (χ0v) is 20.4. The summed E-state index contributed by atoms with van der Waals surface area (Å²) in [5.74, 6) is 0.710. The molecule has 0 unspecified atom stereocenters. The van der Waals surface area contributed by atoms with Gasteiger partial charge in [-0.15, -0.1) is 35.3 Å². The third kappa shape index (κ3) is 8.18. The quantitative estimate of drug-likeness (QED) is 0.303. The van der Waals surface area contributed by atoms with Crippen LogP contribution >= 0.6 is 35.3 Å². The summed E-state index contributed by atoms with van der Waals surface area (Å²) in [6.07, 6.45) is 0. The van der Waals surface area contributed by atoms with Crippen LogP contribution in [0.4, 0.5) is 0 Å². The van der Waals surface area contributed by atoms with Crippen LogP contribution in [0.3, 0.4) is 0 Å². The molecule has 1 heterocycles. The zero-order valence-electron chi connectivity index (χ0n) is 17.3. The van der Waals surface area contributed by atoms with Crippen LogP contribution in [-0.4, -0.2) is 24.0 Å². The molecule has 7 heteroatoms. The van der Waals surface area contributed by atoms with Crippen molar-refractivity contribution >= 4 is 47.2 Å². The van der Waals surface area contributed by atoms with Crippen molar-refractivity contribution in [2.45, 2.75) is 53.2 Å². The van der Waals surface area contributed by atoms with Crippen LogP contribution in [0.5, 0.6) is 0 Å². The van der Waals surface area contributed by atoms with Gasteiger partial charge < -0.3 is 16.0 Å². The number of carbonyl (C=O) groups is 1. The number of guanidine groups is 1. The highest BCUT2D eigenvalue weighted by Crippen LogP contribution is 2.14. The molecule has 5 nitrogen and oxygen atoms in total. The number of rotatable bonds is 6. The Morgan fingerprint density at radius 3 is 2.54 bits per heavy atom. The average Bonchev–Trinajstić information content (AvgIpc) is 3.01. The number of nitrogens with one attached hydrogen (secondary N) is 3. The molecule has 28 heavy (non-hydrogen) atoms. The van der Waals surface area contributed by atoms with Gasteiger partial charge in [0, 0.05) is 22.5 Å². The lowest BCUT2D eigenvalue weighted by Crippen LogP contribution is -2.40. The van der Waals surface area contributed by atoms with Gasteiger partial charge in [0.25, 0.3) is 5.91 Å². The van der Waals surface area contributed by atoms with Crippen LogP contribution in [0, 0.1) is 6.92 Å². The minimum absolute atomic E-state index is 0. The molecule has 1 amide bonds. The molecule has 2 rings (SSSR count). The van der Waals surface area contributed by atoms with E-state index in [0.29, 0.717) is 12.1 Å². The van der Waals surface area contributed by atoms with Crippen molar-refractivity contribution in [2.75, 3.05) is 6.54 Å². The van der Waals surface area contributed by atoms with Crippen LogP contribution < -0.4 is 16.0 Å². The normalized spacial score (nSPS) is 11.5. The summed E-state index contributed by atoms with van der Waals surface area (Å²) in [5.41, 5.74) is 2.69. The first-order valence-corrected chi connectivity index (χ1v) is 10.1. The second kappa shape index (κ2) is 11.4. The summed E-state index contributed by atoms with van der Waals surface area (Å²) >= 11 is 1.74. The predicted octanol–water partition coefficient (Wildman–Crippen LogP) is 4.46. The zero-order chi connectivity index (χ0) is 19.9. The van der Waals surface area contributed by atoms with E-state index >= 15 is 0 Å². The van der Waals surface area contributed by atoms with Crippen molar-refractivity contribution in [2.24, 2.45) is 4.99 Å². The highest BCUT2D eigenvalue weighted by atomic mass is 127. The monoisotopic (exact) mass is 514 g/mol. The largest absolute Gasteiger partial charge is 0.357 e. The Morgan fingerprint density at radius 2 is 1.93 bits per heavy atom. The molecular weight excluding hydrogens is 483 g/mol. The molecule has 0 fully saturated rings. The fraction of sp³-hybridized carbons (Fsp3) is 0.429. The van der Waals surface area contributed by atoms with Crippen LogP contribution in [-0.2, 0) is 13.1 Å². The third-order valence-corrected chi connectivity index (χ3v) is 4.85. The van der Waals surface area contributed by atoms with Gasteiger partial charge in [0.15, 0.2) is 5.96 Å². The molecule has 0 aliphatic rings. The van der Waals surface area contributed by atoms with Gasteiger partial charge in [0.2, 0.25) is 0 Å². The number of benzene rings is 1. The van der Waals surface area contributed by atoms with Crippen molar-refractivity contribution in [1.82, 2.24) is 16.0 Å². The molecule has 0 atom stereocenters. The number of nitrogens with zero attached hydrogens (tertiary/aromatic N) is 1. The number of hydrogen-bond donors (Lipinski definition) is 3. The summed E-state index contributed by atoms with van der Waals surface area (Å²) in [5, 5.41) is 11.7. The van der Waals surface area contributed by atoms with Gasteiger partial charge >= 0.3 is 0 Å². The van der Waals surface area contributed by atoms with Crippen LogP contribution in [0.25, 0.3) is 0 Å². The van der Waals surface area contributed by atoms with E-state index in [1.54, 1.807) is 11.3 Å². The maximum Gasteiger partial charge on any atom is 0.251 e. The number of carbonyl (C=O) groups excluding carboxylic acids is 1. The van der Waals surface area contributed by atoms with Crippen LogP contribution in [0.15, 0.2) is 40.7 Å². The van der Waals surface area contributed by atoms with Crippen LogP contribution in [0.1, 0.15) is 54.1 Å². The standard InChI is InChI=1S/C21H30N4OS.HI/c1-6-22-20(24-14-18-15(2)10-11-27-18)23-13-16-8-7-9-17(12-16)19(26)25-21(3,4)5;/h7-12H,6,13-14H2,1-5H3,(H,25,26)(H2,22,23,24);1H. The predicted molar refractivity (Wildman–Crippen MR) is 130 cm³/mol. The van der Waals surface area contributed by atoms with E-state index in [9.17, 15) is 4.79 Å². The Labute approximate surface area is 189 Å². The number of aryl methyl sites for hydroxylation is 1. The second-order valence-electron chi connectivity index (χ2n) is 7.48. The molecular formula is C21H31IN4OS. The van der Waals surface area contributed by atoms with Gasteiger partial charge in [0.1, 0.15) is 0 Å². The van der Waals surface area contributed by atoms with Gasteiger partial charge in [-0.1, -0.05) is 12.1 Å². The topological polar surface area (TPSA) is 65.5 Å². The summed E-state index contributed by atoms with van der Waals surface area (Å²) in [6.45, 7) is 12.1. The number of hydrogen-bond acceptors (Lipinski definition) is 3. The van der Waals surface area contributed by atoms with Crippen molar-refractivity contribution < 1.29 is 4.79 Å². The fourth-order valence-electron chi connectivity index (χ4n) is 2.48. The summed E-state index contributed by atoms with van der Waals surface area (Å²) in [6, 6.07) is 9.75. The fourth-order valence-corrected chi connectivity index (χ4v) is 3.33. The summed E-state index contributed by atoms with van der Waals surface area (Å²) < 4.78 is 0. The molecule has 0 bridgehead atoms. The Hall–Kier alpha value is -1.61. The molecule has 1 aromatic carbocycles. The van der Waals surface area contributed by atoms with E-state index in [4.69, 9.17) is 0 Å². The maximum atomic E-state index is 12.3. The van der Waals surface area contributed by atoms with Gasteiger partial charge in [-0.05, 0) is 69.3 Å². The highest BCUT2D eigenvalue weighted by molar-refractivity contribution is 14.0. The van der Waals surface area contributed by atoms with E-state index in [2.05, 4.69) is 39.3 Å². The molecule has 3 N–H and O–H groups in total. The van der Waals surface area contributed by atoms with E-state index in [0.717, 1.165) is 24.6 Å². The molecule has 0 radical (unpaired) electrons. The van der Waals surface area contributed by atoms with E-state index in [-0.39, 0.29) is 35.4 Å². The Kier molecular flexibility index (Phi) is 9.95. The first-order chi connectivity index (χ1) is 12.8. The van der Waals surface area contributed by atoms with Crippen LogP contribution in [0.2, 0.25) is 0 Å². The third-order valence-electron chi connectivity index (χ3n) is 3.83. The van der Waals surface area contributed by atoms with Gasteiger partial charge in [-0.3, -0.25) is 4.79 Å². The molecule has 1 aromatic heterocycles. The van der Waals surface area contributed by atoms with Gasteiger partial charge in [0.05, 0.1) is 13.1 Å². The lowest BCUT2D eigenvalue weighted by atomic mass is 10.1. The van der Waals surface area contributed by atoms with Gasteiger partial charge in [-0.25, -0.2) is 4.99 Å². The second-order valence-corrected chi connectivity index (χ2v) is 8.48. The summed E-state index contributed by atoms with van der Waals surface area (Å²) in [4.78, 5) is 18.3. The van der Waals surface area contributed by atoms with Crippen molar-refractivity contribution in [3.63, 3.8) is 0 Å². The Morgan fingerprint density at radius 1 is 1.18 bits per heavy atom. The number of thiophene rings is 1. The molecule has 0 saturated carbocycles. The molecule has 0 aliphatic carbocycles. The minimum Gasteiger partial charge on any atom is -0.357 e. The molecule has 0 aliphatic heterocycles. The molecule has 0 saturated heterocycles. The SMILES string of the molecule is CCNC(=NCc1cccc(C(=O)NC(C)(C)C)c1)NCc1sccc1C.I. The highest BCUT2D eigenvalue weighted by Gasteiger charge is 2.15. The number of halogens is 1. The van der Waals surface area contributed by atoms with Crippen molar-refractivity contribution in [3.8, 4) is 0 Å². The smallest absolute Gasteiger partial charge is 0.251 e. The average molecular weight is 514 g/mol. The lowest BCUT2D eigenvalue weighted by molar-refractivity contribution is 0.0919. The number of amides is 1.